The van der Waals surface area contributed by atoms with E-state index in [0.717, 1.165) is 11.1 Å². The molecule has 0 aliphatic heterocycles. The minimum absolute atomic E-state index is 0.0507. The van der Waals surface area contributed by atoms with Crippen LogP contribution >= 0.6 is 11.6 Å². The summed E-state index contributed by atoms with van der Waals surface area (Å²) in [6.45, 7) is 3.93. The van der Waals surface area contributed by atoms with Crippen LogP contribution in [-0.4, -0.2) is 5.91 Å². The Bertz CT molecular complexity index is 578. The monoisotopic (exact) mass is 273 g/mol. The maximum atomic E-state index is 12.1. The normalized spacial score (nSPS) is 11.9. The van der Waals surface area contributed by atoms with Crippen LogP contribution in [0.5, 0.6) is 0 Å². The van der Waals surface area contributed by atoms with E-state index in [1.165, 1.54) is 0 Å². The van der Waals surface area contributed by atoms with Gasteiger partial charge in [-0.1, -0.05) is 41.4 Å². The van der Waals surface area contributed by atoms with Crippen LogP contribution in [-0.2, 0) is 0 Å². The lowest BCUT2D eigenvalue weighted by Crippen LogP contribution is -2.26. The molecule has 0 spiro atoms. The Hall–Kier alpha value is -1.80. The van der Waals surface area contributed by atoms with E-state index in [2.05, 4.69) is 5.32 Å². The number of carbonyl (C=O) groups is 1. The number of aryl methyl sites for hydroxylation is 1. The third-order valence-corrected chi connectivity index (χ3v) is 3.25. The van der Waals surface area contributed by atoms with E-state index in [1.807, 2.05) is 62.4 Å². The van der Waals surface area contributed by atoms with Crippen molar-refractivity contribution in [1.29, 1.82) is 0 Å². The summed E-state index contributed by atoms with van der Waals surface area (Å²) < 4.78 is 0. The fourth-order valence-electron chi connectivity index (χ4n) is 1.90. The summed E-state index contributed by atoms with van der Waals surface area (Å²) in [6.07, 6.45) is 0. The third kappa shape index (κ3) is 3.58. The molecule has 0 heterocycles. The number of rotatable bonds is 3. The zero-order valence-electron chi connectivity index (χ0n) is 11.0. The molecule has 1 amide bonds. The van der Waals surface area contributed by atoms with Crippen LogP contribution in [0.3, 0.4) is 0 Å². The minimum atomic E-state index is -0.0637. The van der Waals surface area contributed by atoms with Crippen molar-refractivity contribution in [2.45, 2.75) is 19.9 Å². The molecule has 98 valence electrons. The average molecular weight is 274 g/mol. The van der Waals surface area contributed by atoms with E-state index in [1.54, 1.807) is 0 Å². The number of halogens is 1. The van der Waals surface area contributed by atoms with Gasteiger partial charge in [0.05, 0.1) is 6.04 Å². The fourth-order valence-corrected chi connectivity index (χ4v) is 2.03. The molecule has 19 heavy (non-hydrogen) atoms. The molecule has 2 rings (SSSR count). The highest BCUT2D eigenvalue weighted by atomic mass is 35.5. The van der Waals surface area contributed by atoms with E-state index in [-0.39, 0.29) is 11.9 Å². The van der Waals surface area contributed by atoms with Gasteiger partial charge in [-0.05, 0) is 43.7 Å². The highest BCUT2D eigenvalue weighted by Crippen LogP contribution is 2.16. The predicted octanol–water partition coefficient (Wildman–Crippen LogP) is 4.14. The first-order valence-electron chi connectivity index (χ1n) is 6.19. The molecule has 0 aromatic heterocycles. The van der Waals surface area contributed by atoms with Crippen molar-refractivity contribution >= 4 is 17.5 Å². The van der Waals surface area contributed by atoms with Gasteiger partial charge in [-0.25, -0.2) is 0 Å². The van der Waals surface area contributed by atoms with Crippen molar-refractivity contribution in [3.05, 3.63) is 70.2 Å². The highest BCUT2D eigenvalue weighted by Gasteiger charge is 2.11. The number of benzene rings is 2. The van der Waals surface area contributed by atoms with Gasteiger partial charge >= 0.3 is 0 Å². The Morgan fingerprint density at radius 3 is 2.47 bits per heavy atom. The molecule has 2 aromatic rings. The first-order valence-corrected chi connectivity index (χ1v) is 6.57. The molecule has 0 saturated heterocycles. The van der Waals surface area contributed by atoms with E-state index < -0.39 is 0 Å². The lowest BCUT2D eigenvalue weighted by atomic mass is 10.1. The van der Waals surface area contributed by atoms with E-state index in [9.17, 15) is 4.79 Å². The van der Waals surface area contributed by atoms with E-state index in [4.69, 9.17) is 11.6 Å². The zero-order valence-corrected chi connectivity index (χ0v) is 11.7. The molecule has 0 radical (unpaired) electrons. The standard InChI is InChI=1S/C16H16ClNO/c1-11-4-3-5-14(10-11)16(19)18-12(2)13-6-8-15(17)9-7-13/h3-10,12H,1-2H3,(H,18,19)/t12-/m0/s1. The van der Waals surface area contributed by atoms with Gasteiger partial charge in [-0.3, -0.25) is 4.79 Å². The van der Waals surface area contributed by atoms with E-state index in [0.29, 0.717) is 10.6 Å². The van der Waals surface area contributed by atoms with Crippen molar-refractivity contribution < 1.29 is 4.79 Å². The molecule has 2 nitrogen and oxygen atoms in total. The van der Waals surface area contributed by atoms with Gasteiger partial charge in [0, 0.05) is 10.6 Å². The van der Waals surface area contributed by atoms with Crippen LogP contribution < -0.4 is 5.32 Å². The highest BCUT2D eigenvalue weighted by molar-refractivity contribution is 6.30. The van der Waals surface area contributed by atoms with Crippen LogP contribution in [0.2, 0.25) is 5.02 Å². The number of hydrogen-bond acceptors (Lipinski definition) is 1. The summed E-state index contributed by atoms with van der Waals surface area (Å²) >= 11 is 5.85. The second kappa shape index (κ2) is 5.89. The quantitative estimate of drug-likeness (QED) is 0.895. The molecule has 0 saturated carbocycles. The Kier molecular flexibility index (Phi) is 4.23. The molecular formula is C16H16ClNO. The molecule has 0 aliphatic rings. The topological polar surface area (TPSA) is 29.1 Å². The lowest BCUT2D eigenvalue weighted by molar-refractivity contribution is 0.0940. The summed E-state index contributed by atoms with van der Waals surface area (Å²) in [5.41, 5.74) is 2.79. The number of nitrogens with one attached hydrogen (secondary N) is 1. The van der Waals surface area contributed by atoms with Gasteiger partial charge in [0.25, 0.3) is 5.91 Å². The summed E-state index contributed by atoms with van der Waals surface area (Å²) in [4.78, 5) is 12.1. The van der Waals surface area contributed by atoms with E-state index >= 15 is 0 Å². The first kappa shape index (κ1) is 13.6. The van der Waals surface area contributed by atoms with Crippen molar-refractivity contribution in [3.63, 3.8) is 0 Å². The third-order valence-electron chi connectivity index (χ3n) is 3.00. The molecule has 0 fully saturated rings. The largest absolute Gasteiger partial charge is 0.346 e. The molecule has 2 aromatic carbocycles. The molecule has 0 aliphatic carbocycles. The van der Waals surface area contributed by atoms with Gasteiger partial charge in [0.1, 0.15) is 0 Å². The SMILES string of the molecule is Cc1cccc(C(=O)N[C@@H](C)c2ccc(Cl)cc2)c1. The Labute approximate surface area is 118 Å². The molecule has 1 N–H and O–H groups in total. The van der Waals surface area contributed by atoms with Crippen LogP contribution in [0.4, 0.5) is 0 Å². The second-order valence-electron chi connectivity index (χ2n) is 4.62. The van der Waals surface area contributed by atoms with Crippen LogP contribution in [0.25, 0.3) is 0 Å². The molecule has 0 bridgehead atoms. The van der Waals surface area contributed by atoms with Gasteiger partial charge in [0.15, 0.2) is 0 Å². The summed E-state index contributed by atoms with van der Waals surface area (Å²) in [7, 11) is 0. The summed E-state index contributed by atoms with van der Waals surface area (Å²) in [6, 6.07) is 15.0. The fraction of sp³-hybridized carbons (Fsp3) is 0.188. The predicted molar refractivity (Wildman–Crippen MR) is 78.5 cm³/mol. The first-order chi connectivity index (χ1) is 9.06. The van der Waals surface area contributed by atoms with Crippen molar-refractivity contribution in [1.82, 2.24) is 5.32 Å². The van der Waals surface area contributed by atoms with Crippen LogP contribution in [0, 0.1) is 6.92 Å². The Balaban J connectivity index is 2.08. The van der Waals surface area contributed by atoms with Crippen molar-refractivity contribution in [2.24, 2.45) is 0 Å². The van der Waals surface area contributed by atoms with Crippen LogP contribution in [0.1, 0.15) is 34.5 Å². The van der Waals surface area contributed by atoms with Gasteiger partial charge in [-0.15, -0.1) is 0 Å². The number of carbonyl (C=O) groups excluding carboxylic acids is 1. The molecule has 0 unspecified atom stereocenters. The molecule has 3 heteroatoms. The zero-order chi connectivity index (χ0) is 13.8. The minimum Gasteiger partial charge on any atom is -0.346 e. The van der Waals surface area contributed by atoms with Crippen LogP contribution in [0.15, 0.2) is 48.5 Å². The Morgan fingerprint density at radius 2 is 1.84 bits per heavy atom. The van der Waals surface area contributed by atoms with Crippen molar-refractivity contribution in [3.8, 4) is 0 Å². The smallest absolute Gasteiger partial charge is 0.251 e. The van der Waals surface area contributed by atoms with Gasteiger partial charge < -0.3 is 5.32 Å². The number of hydrogen-bond donors (Lipinski definition) is 1. The maximum absolute atomic E-state index is 12.1. The van der Waals surface area contributed by atoms with Gasteiger partial charge in [-0.2, -0.15) is 0 Å². The maximum Gasteiger partial charge on any atom is 0.251 e. The van der Waals surface area contributed by atoms with Crippen molar-refractivity contribution in [2.75, 3.05) is 0 Å². The lowest BCUT2D eigenvalue weighted by Gasteiger charge is -2.14. The average Bonchev–Trinajstić information content (AvgIpc) is 2.39. The molecule has 1 atom stereocenters. The Morgan fingerprint density at radius 1 is 1.16 bits per heavy atom. The molecular weight excluding hydrogens is 258 g/mol. The summed E-state index contributed by atoms with van der Waals surface area (Å²) in [5.74, 6) is -0.0637. The summed E-state index contributed by atoms with van der Waals surface area (Å²) in [5, 5.41) is 3.67. The second-order valence-corrected chi connectivity index (χ2v) is 5.05. The number of amides is 1. The van der Waals surface area contributed by atoms with Gasteiger partial charge in [0.2, 0.25) is 0 Å².